The van der Waals surface area contributed by atoms with Gasteiger partial charge in [-0.3, -0.25) is 0 Å². The van der Waals surface area contributed by atoms with Crippen LogP contribution in [0.3, 0.4) is 0 Å². The molecule has 6 nitrogen and oxygen atoms in total. The first kappa shape index (κ1) is 14.0. The highest BCUT2D eigenvalue weighted by atomic mass is 32.1. The van der Waals surface area contributed by atoms with Crippen LogP contribution in [0.5, 0.6) is 5.75 Å². The summed E-state index contributed by atoms with van der Waals surface area (Å²) in [6.07, 6.45) is 0.688. The van der Waals surface area contributed by atoms with Gasteiger partial charge in [0.2, 0.25) is 4.96 Å². The fourth-order valence-electron chi connectivity index (χ4n) is 2.04. The molecule has 0 atom stereocenters. The predicted molar refractivity (Wildman–Crippen MR) is 80.8 cm³/mol. The second-order valence-corrected chi connectivity index (χ2v) is 5.35. The third kappa shape index (κ3) is 2.74. The molecular weight excluding hydrogens is 288 g/mol. The normalized spacial score (nSPS) is 11.1. The highest BCUT2D eigenvalue weighted by Crippen LogP contribution is 2.32. The number of fused-ring (bicyclic) bond motifs is 1. The summed E-state index contributed by atoms with van der Waals surface area (Å²) in [5.74, 6) is 1.65. The van der Waals surface area contributed by atoms with Gasteiger partial charge in [-0.25, -0.2) is 0 Å². The molecule has 0 bridgehead atoms. The number of rotatable bonds is 6. The van der Waals surface area contributed by atoms with Crippen molar-refractivity contribution in [2.24, 2.45) is 0 Å². The Balaban J connectivity index is 1.99. The number of benzene rings is 1. The maximum absolute atomic E-state index is 5.66. The lowest BCUT2D eigenvalue weighted by molar-refractivity contribution is 0.200. The van der Waals surface area contributed by atoms with E-state index < -0.39 is 0 Å². The van der Waals surface area contributed by atoms with Gasteiger partial charge in [-0.1, -0.05) is 23.5 Å². The summed E-state index contributed by atoms with van der Waals surface area (Å²) in [4.78, 5) is 0.780. The molecule has 0 aliphatic rings. The van der Waals surface area contributed by atoms with E-state index in [2.05, 4.69) is 15.3 Å². The fraction of sp³-hybridized carbons (Fsp3) is 0.357. The maximum Gasteiger partial charge on any atom is 0.234 e. The molecule has 0 aliphatic heterocycles. The fourth-order valence-corrected chi connectivity index (χ4v) is 2.93. The Bertz CT molecular complexity index is 737. The third-order valence-electron chi connectivity index (χ3n) is 3.00. The molecule has 0 fully saturated rings. The van der Waals surface area contributed by atoms with Crippen molar-refractivity contribution in [3.05, 3.63) is 30.1 Å². The van der Waals surface area contributed by atoms with Gasteiger partial charge in [0.25, 0.3) is 0 Å². The molecule has 0 N–H and O–H groups in total. The first-order valence-corrected chi connectivity index (χ1v) is 7.57. The topological polar surface area (TPSA) is 61.5 Å². The van der Waals surface area contributed by atoms with Crippen molar-refractivity contribution in [3.63, 3.8) is 0 Å². The number of hydrogen-bond acceptors (Lipinski definition) is 6. The van der Waals surface area contributed by atoms with Crippen LogP contribution in [0.2, 0.25) is 0 Å². The van der Waals surface area contributed by atoms with Crippen molar-refractivity contribution >= 4 is 16.3 Å². The van der Waals surface area contributed by atoms with Crippen molar-refractivity contribution in [1.82, 2.24) is 19.8 Å². The number of methoxy groups -OCH3 is 1. The van der Waals surface area contributed by atoms with E-state index in [1.165, 1.54) is 11.3 Å². The van der Waals surface area contributed by atoms with Gasteiger partial charge < -0.3 is 9.47 Å². The Morgan fingerprint density at radius 2 is 2.10 bits per heavy atom. The molecule has 7 heteroatoms. The van der Waals surface area contributed by atoms with Crippen molar-refractivity contribution in [1.29, 1.82) is 0 Å². The van der Waals surface area contributed by atoms with Gasteiger partial charge in [0.1, 0.15) is 5.75 Å². The van der Waals surface area contributed by atoms with E-state index in [9.17, 15) is 0 Å². The van der Waals surface area contributed by atoms with Crippen LogP contribution in [-0.4, -0.2) is 40.1 Å². The van der Waals surface area contributed by atoms with Crippen LogP contribution in [-0.2, 0) is 11.2 Å². The van der Waals surface area contributed by atoms with Gasteiger partial charge >= 0.3 is 0 Å². The second-order valence-electron chi connectivity index (χ2n) is 4.39. The molecule has 0 saturated carbocycles. The van der Waals surface area contributed by atoms with E-state index in [0.717, 1.165) is 27.1 Å². The zero-order chi connectivity index (χ0) is 14.7. The Kier molecular flexibility index (Phi) is 4.12. The lowest BCUT2D eigenvalue weighted by Gasteiger charge is -2.06. The minimum atomic E-state index is 0.600. The molecule has 2 heterocycles. The number of ether oxygens (including phenoxy) is 2. The summed E-state index contributed by atoms with van der Waals surface area (Å²) in [6.45, 7) is 3.20. The van der Waals surface area contributed by atoms with Crippen LogP contribution in [0.1, 0.15) is 12.7 Å². The van der Waals surface area contributed by atoms with E-state index in [-0.39, 0.29) is 0 Å². The van der Waals surface area contributed by atoms with Crippen molar-refractivity contribution in [2.75, 3.05) is 20.3 Å². The van der Waals surface area contributed by atoms with Crippen molar-refractivity contribution < 1.29 is 9.47 Å². The summed E-state index contributed by atoms with van der Waals surface area (Å²) < 4.78 is 12.5. The van der Waals surface area contributed by atoms with Gasteiger partial charge in [-0.2, -0.15) is 9.61 Å². The standard InChI is InChI=1S/C14H16N4O2S/c1-3-20-11-7-5-4-6-10(11)13-17-18-12(8-9-19-2)15-16-14(18)21-13/h4-7H,3,8-9H2,1-2H3. The highest BCUT2D eigenvalue weighted by Gasteiger charge is 2.15. The van der Waals surface area contributed by atoms with Crippen LogP contribution >= 0.6 is 11.3 Å². The van der Waals surface area contributed by atoms with E-state index in [0.29, 0.717) is 19.6 Å². The predicted octanol–water partition coefficient (Wildman–Crippen LogP) is 2.44. The monoisotopic (exact) mass is 304 g/mol. The molecule has 3 rings (SSSR count). The molecule has 0 aliphatic carbocycles. The molecule has 0 amide bonds. The van der Waals surface area contributed by atoms with Gasteiger partial charge in [0.15, 0.2) is 10.8 Å². The quantitative estimate of drug-likeness (QED) is 0.700. The molecule has 0 saturated heterocycles. The highest BCUT2D eigenvalue weighted by molar-refractivity contribution is 7.19. The lowest BCUT2D eigenvalue weighted by atomic mass is 10.2. The SMILES string of the molecule is CCOc1ccccc1-c1nn2c(CCOC)nnc2s1. The van der Waals surface area contributed by atoms with Gasteiger partial charge in [-0.05, 0) is 19.1 Å². The Hall–Kier alpha value is -1.99. The molecular formula is C14H16N4O2S. The van der Waals surface area contributed by atoms with Crippen LogP contribution in [0.4, 0.5) is 0 Å². The van der Waals surface area contributed by atoms with E-state index in [1.54, 1.807) is 11.6 Å². The van der Waals surface area contributed by atoms with E-state index in [4.69, 9.17) is 9.47 Å². The minimum Gasteiger partial charge on any atom is -0.493 e. The van der Waals surface area contributed by atoms with Gasteiger partial charge in [-0.15, -0.1) is 10.2 Å². The Morgan fingerprint density at radius 1 is 1.24 bits per heavy atom. The lowest BCUT2D eigenvalue weighted by Crippen LogP contribution is -2.01. The average Bonchev–Trinajstić information content (AvgIpc) is 3.07. The molecule has 0 spiro atoms. The average molecular weight is 304 g/mol. The van der Waals surface area contributed by atoms with Crippen LogP contribution in [0.15, 0.2) is 24.3 Å². The maximum atomic E-state index is 5.66. The number of para-hydroxylation sites is 1. The zero-order valence-electron chi connectivity index (χ0n) is 11.9. The largest absolute Gasteiger partial charge is 0.493 e. The summed E-state index contributed by atoms with van der Waals surface area (Å²) in [5.41, 5.74) is 0.979. The smallest absolute Gasteiger partial charge is 0.234 e. The molecule has 0 unspecified atom stereocenters. The molecule has 110 valence electrons. The summed E-state index contributed by atoms with van der Waals surface area (Å²) >= 11 is 1.50. The molecule has 3 aromatic rings. The second kappa shape index (κ2) is 6.19. The first-order chi connectivity index (χ1) is 10.3. The van der Waals surface area contributed by atoms with Crippen molar-refractivity contribution in [2.45, 2.75) is 13.3 Å². The van der Waals surface area contributed by atoms with Gasteiger partial charge in [0.05, 0.1) is 18.8 Å². The summed E-state index contributed by atoms with van der Waals surface area (Å²) in [5, 5.41) is 13.8. The molecule has 21 heavy (non-hydrogen) atoms. The van der Waals surface area contributed by atoms with Crippen molar-refractivity contribution in [3.8, 4) is 16.3 Å². The zero-order valence-corrected chi connectivity index (χ0v) is 12.8. The van der Waals surface area contributed by atoms with Crippen LogP contribution in [0.25, 0.3) is 15.5 Å². The van der Waals surface area contributed by atoms with Crippen LogP contribution in [0, 0.1) is 0 Å². The molecule has 1 aromatic carbocycles. The van der Waals surface area contributed by atoms with Gasteiger partial charge in [0, 0.05) is 13.5 Å². The minimum absolute atomic E-state index is 0.600. The van der Waals surface area contributed by atoms with Crippen LogP contribution < -0.4 is 4.74 Å². The number of hydrogen-bond donors (Lipinski definition) is 0. The molecule has 0 radical (unpaired) electrons. The third-order valence-corrected chi connectivity index (χ3v) is 3.93. The summed E-state index contributed by atoms with van der Waals surface area (Å²) in [7, 11) is 1.67. The summed E-state index contributed by atoms with van der Waals surface area (Å²) in [6, 6.07) is 7.89. The number of aromatic nitrogens is 4. The Labute approximate surface area is 126 Å². The van der Waals surface area contributed by atoms with E-state index in [1.807, 2.05) is 31.2 Å². The Morgan fingerprint density at radius 3 is 2.90 bits per heavy atom. The first-order valence-electron chi connectivity index (χ1n) is 6.75. The van der Waals surface area contributed by atoms with E-state index >= 15 is 0 Å². The number of nitrogens with zero attached hydrogens (tertiary/aromatic N) is 4. The molecule has 2 aromatic heterocycles.